The lowest BCUT2D eigenvalue weighted by atomic mass is 10.1. The molecule has 2 aromatic carbocycles. The molecule has 0 atom stereocenters. The Balaban J connectivity index is 1.36. The summed E-state index contributed by atoms with van der Waals surface area (Å²) in [5, 5.41) is 11.1. The number of para-hydroxylation sites is 1. The smallest absolute Gasteiger partial charge is 0.190 e. The van der Waals surface area contributed by atoms with Gasteiger partial charge in [0.1, 0.15) is 5.82 Å². The fraction of sp³-hybridized carbons (Fsp3) is 0.286. The minimum atomic E-state index is -0.222. The molecule has 0 saturated carbocycles. The summed E-state index contributed by atoms with van der Waals surface area (Å²) in [4.78, 5) is 7.38. The maximum Gasteiger partial charge on any atom is 0.190 e. The molecule has 3 aromatic rings. The van der Waals surface area contributed by atoms with Crippen LogP contribution in [-0.2, 0) is 6.42 Å². The maximum atomic E-state index is 13.3. The van der Waals surface area contributed by atoms with Crippen LogP contribution in [0.5, 0.6) is 0 Å². The highest BCUT2D eigenvalue weighted by atomic mass is 19.1. The summed E-state index contributed by atoms with van der Waals surface area (Å²) < 4.78 is 13.3. The Bertz CT molecular complexity index is 873. The molecule has 0 aliphatic heterocycles. The number of anilines is 1. The van der Waals surface area contributed by atoms with Gasteiger partial charge >= 0.3 is 0 Å². The summed E-state index contributed by atoms with van der Waals surface area (Å²) in [7, 11) is 1.77. The summed E-state index contributed by atoms with van der Waals surface area (Å²) in [6, 6.07) is 15.0. The fourth-order valence-electron chi connectivity index (χ4n) is 2.99. The molecule has 27 heavy (non-hydrogen) atoms. The number of H-pyrrole nitrogens is 1. The third-order valence-electron chi connectivity index (χ3n) is 4.39. The second kappa shape index (κ2) is 9.62. The standard InChI is InChI=1S/C21H26FN5/c1-23-21(25-12-5-11-24-18-6-3-2-4-7-18)26-13-10-16-15-27-20-14-17(22)8-9-19(16)20/h2-4,6-9,14-15,24,27H,5,10-13H2,1H3,(H2,23,25,26). The van der Waals surface area contributed by atoms with Gasteiger partial charge in [0.25, 0.3) is 0 Å². The van der Waals surface area contributed by atoms with E-state index in [4.69, 9.17) is 0 Å². The lowest BCUT2D eigenvalue weighted by Gasteiger charge is -2.12. The predicted octanol–water partition coefficient (Wildman–Crippen LogP) is 3.52. The van der Waals surface area contributed by atoms with E-state index in [9.17, 15) is 4.39 Å². The molecule has 0 fully saturated rings. The zero-order valence-corrected chi connectivity index (χ0v) is 15.6. The summed E-state index contributed by atoms with van der Waals surface area (Å²) in [5.74, 6) is 0.570. The van der Waals surface area contributed by atoms with Crippen LogP contribution >= 0.6 is 0 Å². The minimum absolute atomic E-state index is 0.222. The number of nitrogens with zero attached hydrogens (tertiary/aromatic N) is 1. The van der Waals surface area contributed by atoms with E-state index < -0.39 is 0 Å². The molecule has 0 unspecified atom stereocenters. The quantitative estimate of drug-likeness (QED) is 0.280. The Labute approximate surface area is 159 Å². The number of nitrogens with one attached hydrogen (secondary N) is 4. The lowest BCUT2D eigenvalue weighted by molar-refractivity contribution is 0.629. The average Bonchev–Trinajstić information content (AvgIpc) is 3.09. The highest BCUT2D eigenvalue weighted by molar-refractivity contribution is 5.83. The van der Waals surface area contributed by atoms with Crippen LogP contribution < -0.4 is 16.0 Å². The summed E-state index contributed by atoms with van der Waals surface area (Å²) in [6.45, 7) is 2.50. The largest absolute Gasteiger partial charge is 0.385 e. The molecule has 3 rings (SSSR count). The first-order chi connectivity index (χ1) is 13.3. The van der Waals surface area contributed by atoms with Crippen molar-refractivity contribution in [2.45, 2.75) is 12.8 Å². The van der Waals surface area contributed by atoms with Crippen LogP contribution in [-0.4, -0.2) is 37.6 Å². The van der Waals surface area contributed by atoms with Crippen LogP contribution in [0.25, 0.3) is 10.9 Å². The Morgan fingerprint density at radius 2 is 1.85 bits per heavy atom. The topological polar surface area (TPSA) is 64.2 Å². The molecule has 4 N–H and O–H groups in total. The molecule has 6 heteroatoms. The Kier molecular flexibility index (Phi) is 6.68. The van der Waals surface area contributed by atoms with Crippen molar-refractivity contribution in [3.63, 3.8) is 0 Å². The Morgan fingerprint density at radius 1 is 1.04 bits per heavy atom. The number of fused-ring (bicyclic) bond motifs is 1. The number of aliphatic imine (C=N–C) groups is 1. The molecule has 142 valence electrons. The van der Waals surface area contributed by atoms with Gasteiger partial charge in [0.2, 0.25) is 0 Å². The maximum absolute atomic E-state index is 13.3. The molecular formula is C21H26FN5. The molecule has 1 aromatic heterocycles. The number of aromatic nitrogens is 1. The number of hydrogen-bond acceptors (Lipinski definition) is 2. The normalized spacial score (nSPS) is 11.6. The Hall–Kier alpha value is -3.02. The van der Waals surface area contributed by atoms with Gasteiger partial charge in [0.15, 0.2) is 5.96 Å². The zero-order valence-electron chi connectivity index (χ0n) is 15.6. The van der Waals surface area contributed by atoms with Crippen molar-refractivity contribution in [1.82, 2.24) is 15.6 Å². The second-order valence-electron chi connectivity index (χ2n) is 6.33. The van der Waals surface area contributed by atoms with Crippen LogP contribution in [0.3, 0.4) is 0 Å². The fourth-order valence-corrected chi connectivity index (χ4v) is 2.99. The van der Waals surface area contributed by atoms with Gasteiger partial charge in [-0.2, -0.15) is 0 Å². The molecule has 0 spiro atoms. The first kappa shape index (κ1) is 18.8. The third kappa shape index (κ3) is 5.48. The summed E-state index contributed by atoms with van der Waals surface area (Å²) in [5.41, 5.74) is 3.14. The highest BCUT2D eigenvalue weighted by Gasteiger charge is 2.05. The molecule has 0 radical (unpaired) electrons. The molecule has 0 amide bonds. The average molecular weight is 367 g/mol. The Morgan fingerprint density at radius 3 is 2.67 bits per heavy atom. The van der Waals surface area contributed by atoms with Gasteiger partial charge in [-0.15, -0.1) is 0 Å². The number of rotatable bonds is 8. The van der Waals surface area contributed by atoms with Crippen molar-refractivity contribution in [3.05, 3.63) is 66.1 Å². The first-order valence-electron chi connectivity index (χ1n) is 9.25. The molecule has 0 aliphatic carbocycles. The number of hydrogen-bond donors (Lipinski definition) is 4. The van der Waals surface area contributed by atoms with E-state index in [0.717, 1.165) is 55.0 Å². The molecule has 0 saturated heterocycles. The lowest BCUT2D eigenvalue weighted by Crippen LogP contribution is -2.39. The van der Waals surface area contributed by atoms with Crippen LogP contribution in [0.2, 0.25) is 0 Å². The van der Waals surface area contributed by atoms with Gasteiger partial charge < -0.3 is 20.9 Å². The van der Waals surface area contributed by atoms with Crippen molar-refractivity contribution < 1.29 is 4.39 Å². The van der Waals surface area contributed by atoms with E-state index in [1.807, 2.05) is 30.5 Å². The third-order valence-corrected chi connectivity index (χ3v) is 4.39. The first-order valence-corrected chi connectivity index (χ1v) is 9.25. The van der Waals surface area contributed by atoms with E-state index in [1.165, 1.54) is 17.7 Å². The van der Waals surface area contributed by atoms with Gasteiger partial charge in [-0.05, 0) is 48.7 Å². The summed E-state index contributed by atoms with van der Waals surface area (Å²) >= 11 is 0. The van der Waals surface area contributed by atoms with Crippen molar-refractivity contribution in [3.8, 4) is 0 Å². The van der Waals surface area contributed by atoms with E-state index in [2.05, 4.69) is 38.1 Å². The van der Waals surface area contributed by atoms with Crippen LogP contribution in [0, 0.1) is 5.82 Å². The van der Waals surface area contributed by atoms with Gasteiger partial charge in [0.05, 0.1) is 0 Å². The van der Waals surface area contributed by atoms with E-state index in [-0.39, 0.29) is 5.82 Å². The van der Waals surface area contributed by atoms with Crippen LogP contribution in [0.15, 0.2) is 59.7 Å². The number of guanidine groups is 1. The molecule has 0 bridgehead atoms. The molecular weight excluding hydrogens is 341 g/mol. The van der Waals surface area contributed by atoms with Crippen molar-refractivity contribution in [1.29, 1.82) is 0 Å². The van der Waals surface area contributed by atoms with E-state index >= 15 is 0 Å². The van der Waals surface area contributed by atoms with E-state index in [1.54, 1.807) is 7.05 Å². The number of halogens is 1. The monoisotopic (exact) mass is 367 g/mol. The highest BCUT2D eigenvalue weighted by Crippen LogP contribution is 2.19. The zero-order chi connectivity index (χ0) is 18.9. The second-order valence-corrected chi connectivity index (χ2v) is 6.33. The summed E-state index contributed by atoms with van der Waals surface area (Å²) in [6.07, 6.45) is 3.77. The van der Waals surface area contributed by atoms with Crippen molar-refractivity contribution in [2.24, 2.45) is 4.99 Å². The van der Waals surface area contributed by atoms with Gasteiger partial charge in [-0.3, -0.25) is 4.99 Å². The SMILES string of the molecule is CN=C(NCCCNc1ccccc1)NCCc1c[nH]c2cc(F)ccc12. The molecule has 1 heterocycles. The van der Waals surface area contributed by atoms with Gasteiger partial charge in [-0.25, -0.2) is 4.39 Å². The number of aromatic amines is 1. The van der Waals surface area contributed by atoms with Crippen LogP contribution in [0.1, 0.15) is 12.0 Å². The van der Waals surface area contributed by atoms with Crippen LogP contribution in [0.4, 0.5) is 10.1 Å². The van der Waals surface area contributed by atoms with Gasteiger partial charge in [0, 0.05) is 49.5 Å². The predicted molar refractivity (Wildman–Crippen MR) is 111 cm³/mol. The number of benzene rings is 2. The molecule has 0 aliphatic rings. The van der Waals surface area contributed by atoms with Crippen molar-refractivity contribution in [2.75, 3.05) is 32.0 Å². The van der Waals surface area contributed by atoms with Crippen molar-refractivity contribution >= 4 is 22.5 Å². The minimum Gasteiger partial charge on any atom is -0.385 e. The van der Waals surface area contributed by atoms with E-state index in [0.29, 0.717) is 0 Å². The molecule has 5 nitrogen and oxygen atoms in total. The van der Waals surface area contributed by atoms with Gasteiger partial charge in [-0.1, -0.05) is 18.2 Å².